The first-order valence-corrected chi connectivity index (χ1v) is 8.10. The standard InChI is InChI=1S/C16H23NO2S/c1-16(8-5-9-20-16)12-17-11-14-7-4-3-6-13(14)10-15(18)19-2/h3-4,6-7,17H,5,8-12H2,1-2H3. The second kappa shape index (κ2) is 7.14. The predicted octanol–water partition coefficient (Wildman–Crippen LogP) is 2.78. The Labute approximate surface area is 125 Å². The number of esters is 1. The van der Waals surface area contributed by atoms with Crippen molar-refractivity contribution in [3.8, 4) is 0 Å². The van der Waals surface area contributed by atoms with Crippen molar-refractivity contribution in [1.82, 2.24) is 5.32 Å². The number of carbonyl (C=O) groups excluding carboxylic acids is 1. The van der Waals surface area contributed by atoms with Crippen LogP contribution in [0.1, 0.15) is 30.9 Å². The number of hydrogen-bond donors (Lipinski definition) is 1. The molecule has 0 aromatic heterocycles. The zero-order chi connectivity index (χ0) is 14.4. The van der Waals surface area contributed by atoms with E-state index in [9.17, 15) is 4.79 Å². The second-order valence-electron chi connectivity index (χ2n) is 5.53. The van der Waals surface area contributed by atoms with Gasteiger partial charge < -0.3 is 10.1 Å². The van der Waals surface area contributed by atoms with Gasteiger partial charge in [-0.25, -0.2) is 0 Å². The summed E-state index contributed by atoms with van der Waals surface area (Å²) in [4.78, 5) is 11.4. The normalized spacial score (nSPS) is 21.9. The van der Waals surface area contributed by atoms with Gasteiger partial charge in [0.2, 0.25) is 0 Å². The van der Waals surface area contributed by atoms with Crippen LogP contribution in [-0.4, -0.2) is 30.1 Å². The Hall–Kier alpha value is -1.00. The van der Waals surface area contributed by atoms with Gasteiger partial charge in [-0.1, -0.05) is 24.3 Å². The number of carbonyl (C=O) groups is 1. The molecule has 1 aliphatic rings. The van der Waals surface area contributed by atoms with E-state index in [0.717, 1.165) is 18.7 Å². The molecule has 3 nitrogen and oxygen atoms in total. The van der Waals surface area contributed by atoms with Crippen molar-refractivity contribution < 1.29 is 9.53 Å². The lowest BCUT2D eigenvalue weighted by molar-refractivity contribution is -0.139. The fourth-order valence-corrected chi connectivity index (χ4v) is 3.84. The molecule has 20 heavy (non-hydrogen) atoms. The van der Waals surface area contributed by atoms with Crippen molar-refractivity contribution in [2.24, 2.45) is 0 Å². The molecular formula is C16H23NO2S. The lowest BCUT2D eigenvalue weighted by Gasteiger charge is -2.23. The summed E-state index contributed by atoms with van der Waals surface area (Å²) in [5, 5.41) is 3.54. The van der Waals surface area contributed by atoms with Crippen LogP contribution in [0, 0.1) is 0 Å². The van der Waals surface area contributed by atoms with Gasteiger partial charge in [-0.15, -0.1) is 0 Å². The highest BCUT2D eigenvalue weighted by Gasteiger charge is 2.28. The number of methoxy groups -OCH3 is 1. The van der Waals surface area contributed by atoms with Crippen molar-refractivity contribution in [1.29, 1.82) is 0 Å². The molecule has 110 valence electrons. The lowest BCUT2D eigenvalue weighted by Crippen LogP contribution is -2.32. The summed E-state index contributed by atoms with van der Waals surface area (Å²) >= 11 is 2.06. The summed E-state index contributed by atoms with van der Waals surface area (Å²) in [6.45, 7) is 4.16. The molecule has 1 fully saturated rings. The van der Waals surface area contributed by atoms with E-state index in [-0.39, 0.29) is 5.97 Å². The van der Waals surface area contributed by atoms with E-state index in [2.05, 4.69) is 30.1 Å². The molecule has 0 spiro atoms. The summed E-state index contributed by atoms with van der Waals surface area (Å²) in [7, 11) is 1.43. The minimum atomic E-state index is -0.184. The minimum absolute atomic E-state index is 0.184. The molecule has 0 bridgehead atoms. The van der Waals surface area contributed by atoms with Crippen molar-refractivity contribution in [3.05, 3.63) is 35.4 Å². The fourth-order valence-electron chi connectivity index (χ4n) is 2.57. The second-order valence-corrected chi connectivity index (χ2v) is 7.21. The van der Waals surface area contributed by atoms with Gasteiger partial charge in [0.25, 0.3) is 0 Å². The molecule has 1 atom stereocenters. The average Bonchev–Trinajstić information content (AvgIpc) is 2.87. The molecule has 1 heterocycles. The van der Waals surface area contributed by atoms with E-state index in [0.29, 0.717) is 11.2 Å². The predicted molar refractivity (Wildman–Crippen MR) is 84.0 cm³/mol. The lowest BCUT2D eigenvalue weighted by atomic mass is 10.0. The highest BCUT2D eigenvalue weighted by Crippen LogP contribution is 2.36. The van der Waals surface area contributed by atoms with Gasteiger partial charge in [0.1, 0.15) is 0 Å². The molecule has 4 heteroatoms. The van der Waals surface area contributed by atoms with E-state index >= 15 is 0 Å². The molecule has 0 saturated carbocycles. The Morgan fingerprint density at radius 2 is 2.15 bits per heavy atom. The zero-order valence-corrected chi connectivity index (χ0v) is 13.1. The van der Waals surface area contributed by atoms with Gasteiger partial charge in [0, 0.05) is 17.8 Å². The first kappa shape index (κ1) is 15.4. The van der Waals surface area contributed by atoms with Crippen LogP contribution >= 0.6 is 11.8 Å². The monoisotopic (exact) mass is 293 g/mol. The number of hydrogen-bond acceptors (Lipinski definition) is 4. The molecule has 0 aliphatic carbocycles. The molecule has 0 amide bonds. The first-order valence-electron chi connectivity index (χ1n) is 7.11. The van der Waals surface area contributed by atoms with E-state index in [4.69, 9.17) is 4.74 Å². The Bertz CT molecular complexity index is 456. The highest BCUT2D eigenvalue weighted by molar-refractivity contribution is 8.00. The fraction of sp³-hybridized carbons (Fsp3) is 0.562. The highest BCUT2D eigenvalue weighted by atomic mass is 32.2. The van der Waals surface area contributed by atoms with E-state index in [1.807, 2.05) is 18.2 Å². The maximum absolute atomic E-state index is 11.4. The van der Waals surface area contributed by atoms with Crippen LogP contribution in [0.15, 0.2) is 24.3 Å². The maximum atomic E-state index is 11.4. The average molecular weight is 293 g/mol. The van der Waals surface area contributed by atoms with Gasteiger partial charge in [-0.3, -0.25) is 4.79 Å². The molecule has 0 radical (unpaired) electrons. The van der Waals surface area contributed by atoms with Crippen molar-refractivity contribution >= 4 is 17.7 Å². The summed E-state index contributed by atoms with van der Waals surface area (Å²) in [6.07, 6.45) is 2.95. The van der Waals surface area contributed by atoms with Crippen molar-refractivity contribution in [3.63, 3.8) is 0 Å². The van der Waals surface area contributed by atoms with Gasteiger partial charge in [-0.05, 0) is 36.6 Å². The number of ether oxygens (including phenoxy) is 1. The zero-order valence-electron chi connectivity index (χ0n) is 12.3. The van der Waals surface area contributed by atoms with Crippen LogP contribution in [0.2, 0.25) is 0 Å². The number of nitrogens with one attached hydrogen (secondary N) is 1. The van der Waals surface area contributed by atoms with Crippen LogP contribution in [0.5, 0.6) is 0 Å². The van der Waals surface area contributed by atoms with E-state index < -0.39 is 0 Å². The molecular weight excluding hydrogens is 270 g/mol. The maximum Gasteiger partial charge on any atom is 0.309 e. The van der Waals surface area contributed by atoms with Crippen molar-refractivity contribution in [2.75, 3.05) is 19.4 Å². The minimum Gasteiger partial charge on any atom is -0.469 e. The number of rotatable bonds is 6. The number of benzene rings is 1. The summed E-state index contributed by atoms with van der Waals surface area (Å²) in [5.74, 6) is 1.09. The summed E-state index contributed by atoms with van der Waals surface area (Å²) in [6, 6.07) is 8.06. The molecule has 2 rings (SSSR count). The largest absolute Gasteiger partial charge is 0.469 e. The van der Waals surface area contributed by atoms with Gasteiger partial charge in [-0.2, -0.15) is 11.8 Å². The molecule has 1 saturated heterocycles. The van der Waals surface area contributed by atoms with Gasteiger partial charge in [0.05, 0.1) is 13.5 Å². The van der Waals surface area contributed by atoms with Crippen LogP contribution in [0.25, 0.3) is 0 Å². The topological polar surface area (TPSA) is 38.3 Å². The molecule has 1 aromatic carbocycles. The van der Waals surface area contributed by atoms with Crippen LogP contribution in [-0.2, 0) is 22.5 Å². The van der Waals surface area contributed by atoms with Crippen molar-refractivity contribution in [2.45, 2.75) is 37.5 Å². The van der Waals surface area contributed by atoms with E-state index in [1.165, 1.54) is 31.3 Å². The molecule has 1 aromatic rings. The Balaban J connectivity index is 1.90. The quantitative estimate of drug-likeness (QED) is 0.819. The first-order chi connectivity index (χ1) is 9.63. The smallest absolute Gasteiger partial charge is 0.309 e. The van der Waals surface area contributed by atoms with Crippen LogP contribution in [0.3, 0.4) is 0 Å². The Morgan fingerprint density at radius 1 is 1.40 bits per heavy atom. The molecule has 1 unspecified atom stereocenters. The van der Waals surface area contributed by atoms with Gasteiger partial charge in [0.15, 0.2) is 0 Å². The third-order valence-corrected chi connectivity index (χ3v) is 5.33. The molecule has 1 N–H and O–H groups in total. The summed E-state index contributed by atoms with van der Waals surface area (Å²) in [5.41, 5.74) is 2.24. The summed E-state index contributed by atoms with van der Waals surface area (Å²) < 4.78 is 5.12. The third-order valence-electron chi connectivity index (χ3n) is 3.80. The number of thioether (sulfide) groups is 1. The van der Waals surface area contributed by atoms with Gasteiger partial charge >= 0.3 is 5.97 Å². The Morgan fingerprint density at radius 3 is 2.80 bits per heavy atom. The molecule has 1 aliphatic heterocycles. The Kier molecular flexibility index (Phi) is 5.49. The van der Waals surface area contributed by atoms with E-state index in [1.54, 1.807) is 0 Å². The third kappa shape index (κ3) is 4.25. The van der Waals surface area contributed by atoms with Crippen LogP contribution < -0.4 is 5.32 Å². The van der Waals surface area contributed by atoms with Crippen LogP contribution in [0.4, 0.5) is 0 Å². The SMILES string of the molecule is COC(=O)Cc1ccccc1CNCC1(C)CCCS1.